The summed E-state index contributed by atoms with van der Waals surface area (Å²) < 4.78 is 0. The second-order valence-corrected chi connectivity index (χ2v) is 2.41. The number of nitrogens with zero attached hydrogens (tertiary/aromatic N) is 2. The van der Waals surface area contributed by atoms with Crippen LogP contribution in [0.3, 0.4) is 0 Å². The molecule has 4 nitrogen and oxygen atoms in total. The Kier molecular flexibility index (Phi) is 2.04. The molecule has 0 aliphatic heterocycles. The Morgan fingerprint density at radius 3 is 3.10 bits per heavy atom. The summed E-state index contributed by atoms with van der Waals surface area (Å²) in [6.45, 7) is 0. The topological polar surface area (TPSA) is 59.4 Å². The number of carbonyl (C=O) groups is 1. The molecule has 0 saturated heterocycles. The van der Waals surface area contributed by atoms with E-state index in [1.807, 2.05) is 0 Å². The molecule has 1 aromatic rings. The standard InChI is InChI=1S/C5H2N2O2S/c8-2-4-1-6-5(10-4)7-3-9/h1-2H. The van der Waals surface area contributed by atoms with Crippen molar-refractivity contribution in [3.05, 3.63) is 11.1 Å². The Hall–Kier alpha value is -1.32. The van der Waals surface area contributed by atoms with E-state index >= 15 is 0 Å². The first-order valence-electron chi connectivity index (χ1n) is 2.35. The van der Waals surface area contributed by atoms with E-state index in [0.717, 1.165) is 11.3 Å². The molecule has 0 bridgehead atoms. The molecule has 50 valence electrons. The minimum Gasteiger partial charge on any atom is -0.297 e. The molecule has 0 radical (unpaired) electrons. The molecule has 1 rings (SSSR count). The van der Waals surface area contributed by atoms with Gasteiger partial charge in [0.1, 0.15) is 0 Å². The van der Waals surface area contributed by atoms with Crippen LogP contribution in [0.1, 0.15) is 9.67 Å². The zero-order valence-corrected chi connectivity index (χ0v) is 5.59. The van der Waals surface area contributed by atoms with Crippen molar-refractivity contribution in [2.24, 2.45) is 4.99 Å². The Labute approximate surface area is 60.2 Å². The quantitative estimate of drug-likeness (QED) is 0.361. The fourth-order valence-corrected chi connectivity index (χ4v) is 0.975. The summed E-state index contributed by atoms with van der Waals surface area (Å²) in [6.07, 6.45) is 3.34. The fourth-order valence-electron chi connectivity index (χ4n) is 0.422. The van der Waals surface area contributed by atoms with Crippen molar-refractivity contribution in [2.75, 3.05) is 0 Å². The van der Waals surface area contributed by atoms with Crippen LogP contribution in [-0.2, 0) is 4.79 Å². The lowest BCUT2D eigenvalue weighted by Crippen LogP contribution is -1.63. The third-order valence-corrected chi connectivity index (χ3v) is 1.59. The number of aliphatic imine (C=N–C) groups is 1. The summed E-state index contributed by atoms with van der Waals surface area (Å²) in [7, 11) is 0. The molecule has 1 heterocycles. The van der Waals surface area contributed by atoms with Gasteiger partial charge in [-0.15, -0.1) is 4.99 Å². The number of carbonyl (C=O) groups excluding carboxylic acids is 2. The molecule has 0 aromatic carbocycles. The highest BCUT2D eigenvalue weighted by molar-refractivity contribution is 7.16. The van der Waals surface area contributed by atoms with Crippen molar-refractivity contribution in [2.45, 2.75) is 0 Å². The Bertz CT molecular complexity index is 288. The second-order valence-electron chi connectivity index (χ2n) is 1.37. The maximum absolute atomic E-state index is 10.1. The van der Waals surface area contributed by atoms with Crippen LogP contribution >= 0.6 is 11.3 Å². The molecule has 1 aromatic heterocycles. The minimum atomic E-state index is 0.261. The molecule has 0 spiro atoms. The molecule has 0 N–H and O–H groups in total. The molecular formula is C5H2N2O2S. The Morgan fingerprint density at radius 1 is 1.80 bits per heavy atom. The van der Waals surface area contributed by atoms with E-state index in [-0.39, 0.29) is 5.13 Å². The first-order chi connectivity index (χ1) is 4.86. The lowest BCUT2D eigenvalue weighted by atomic mass is 10.6. The number of thiazole rings is 1. The van der Waals surface area contributed by atoms with Gasteiger partial charge in [-0.2, -0.15) is 0 Å². The van der Waals surface area contributed by atoms with E-state index in [4.69, 9.17) is 0 Å². The van der Waals surface area contributed by atoms with Gasteiger partial charge in [0, 0.05) is 0 Å². The van der Waals surface area contributed by atoms with Gasteiger partial charge in [-0.05, 0) is 0 Å². The molecule has 0 aliphatic rings. The average Bonchev–Trinajstić information content (AvgIpc) is 2.37. The average molecular weight is 154 g/mol. The number of aldehydes is 1. The molecule has 0 fully saturated rings. The van der Waals surface area contributed by atoms with Gasteiger partial charge >= 0.3 is 0 Å². The van der Waals surface area contributed by atoms with Gasteiger partial charge in [-0.1, -0.05) is 11.3 Å². The largest absolute Gasteiger partial charge is 0.297 e. The number of hydrogen-bond acceptors (Lipinski definition) is 5. The zero-order chi connectivity index (χ0) is 7.40. The molecular weight excluding hydrogens is 152 g/mol. The maximum Gasteiger partial charge on any atom is 0.242 e. The smallest absolute Gasteiger partial charge is 0.242 e. The zero-order valence-electron chi connectivity index (χ0n) is 4.77. The van der Waals surface area contributed by atoms with E-state index in [1.165, 1.54) is 12.3 Å². The third-order valence-electron chi connectivity index (χ3n) is 0.769. The van der Waals surface area contributed by atoms with Gasteiger partial charge in [0.15, 0.2) is 6.29 Å². The van der Waals surface area contributed by atoms with Crippen molar-refractivity contribution in [3.63, 3.8) is 0 Å². The summed E-state index contributed by atoms with van der Waals surface area (Å²) in [5.74, 6) is 0. The van der Waals surface area contributed by atoms with Gasteiger partial charge < -0.3 is 0 Å². The SMILES string of the molecule is O=C=Nc1ncc(C=O)s1. The number of rotatable bonds is 2. The van der Waals surface area contributed by atoms with Crippen LogP contribution in [0.2, 0.25) is 0 Å². The molecule has 5 heteroatoms. The van der Waals surface area contributed by atoms with Crippen molar-refractivity contribution in [1.29, 1.82) is 0 Å². The molecule has 0 saturated carbocycles. The van der Waals surface area contributed by atoms with Crippen molar-refractivity contribution >= 4 is 28.8 Å². The van der Waals surface area contributed by atoms with Crippen LogP contribution in [0.25, 0.3) is 0 Å². The first-order valence-corrected chi connectivity index (χ1v) is 3.17. The van der Waals surface area contributed by atoms with Crippen molar-refractivity contribution in [3.8, 4) is 0 Å². The molecule has 0 unspecified atom stereocenters. The maximum atomic E-state index is 10.1. The summed E-state index contributed by atoms with van der Waals surface area (Å²) >= 11 is 1.05. The Morgan fingerprint density at radius 2 is 2.60 bits per heavy atom. The lowest BCUT2D eigenvalue weighted by Gasteiger charge is -1.70. The predicted molar refractivity (Wildman–Crippen MR) is 35.3 cm³/mol. The van der Waals surface area contributed by atoms with Crippen molar-refractivity contribution < 1.29 is 9.59 Å². The van der Waals surface area contributed by atoms with E-state index in [2.05, 4.69) is 9.98 Å². The van der Waals surface area contributed by atoms with Crippen LogP contribution in [0.5, 0.6) is 0 Å². The van der Waals surface area contributed by atoms with Crippen LogP contribution in [0, 0.1) is 0 Å². The first kappa shape index (κ1) is 6.80. The summed E-state index contributed by atoms with van der Waals surface area (Å²) in [4.78, 5) is 27.0. The number of hydrogen-bond donors (Lipinski definition) is 0. The minimum absolute atomic E-state index is 0.261. The predicted octanol–water partition coefficient (Wildman–Crippen LogP) is 0.923. The van der Waals surface area contributed by atoms with Crippen LogP contribution in [0.4, 0.5) is 5.13 Å². The van der Waals surface area contributed by atoms with Gasteiger partial charge in [0.2, 0.25) is 11.2 Å². The molecule has 0 amide bonds. The van der Waals surface area contributed by atoms with E-state index in [1.54, 1.807) is 0 Å². The third kappa shape index (κ3) is 1.34. The number of aromatic nitrogens is 1. The lowest BCUT2D eigenvalue weighted by molar-refractivity contribution is 0.112. The summed E-state index contributed by atoms with van der Waals surface area (Å²) in [6, 6.07) is 0. The van der Waals surface area contributed by atoms with E-state index in [0.29, 0.717) is 11.2 Å². The van der Waals surface area contributed by atoms with Gasteiger partial charge in [0.05, 0.1) is 11.1 Å². The molecule has 0 aliphatic carbocycles. The molecule has 0 atom stereocenters. The van der Waals surface area contributed by atoms with Crippen molar-refractivity contribution in [1.82, 2.24) is 4.98 Å². The van der Waals surface area contributed by atoms with Crippen LogP contribution in [0.15, 0.2) is 11.2 Å². The molecule has 10 heavy (non-hydrogen) atoms. The second kappa shape index (κ2) is 3.00. The monoisotopic (exact) mass is 154 g/mol. The van der Waals surface area contributed by atoms with E-state index in [9.17, 15) is 9.59 Å². The normalized spacial score (nSPS) is 8.40. The Balaban J connectivity index is 2.98. The van der Waals surface area contributed by atoms with E-state index < -0.39 is 0 Å². The highest BCUT2D eigenvalue weighted by atomic mass is 32.1. The van der Waals surface area contributed by atoms with Gasteiger partial charge in [0.25, 0.3) is 0 Å². The number of isocyanates is 1. The summed E-state index contributed by atoms with van der Waals surface area (Å²) in [5, 5.41) is 0.261. The highest BCUT2D eigenvalue weighted by Crippen LogP contribution is 2.17. The van der Waals surface area contributed by atoms with Crippen LogP contribution in [-0.4, -0.2) is 17.4 Å². The van der Waals surface area contributed by atoms with Gasteiger partial charge in [-0.25, -0.2) is 9.78 Å². The summed E-state index contributed by atoms with van der Waals surface area (Å²) in [5.41, 5.74) is 0. The van der Waals surface area contributed by atoms with Gasteiger partial charge in [-0.3, -0.25) is 4.79 Å². The van der Waals surface area contributed by atoms with Crippen LogP contribution < -0.4 is 0 Å². The highest BCUT2D eigenvalue weighted by Gasteiger charge is 1.96. The fraction of sp³-hybridized carbons (Fsp3) is 0.